The molecule has 0 saturated carbocycles. The summed E-state index contributed by atoms with van der Waals surface area (Å²) < 4.78 is 1.65. The van der Waals surface area contributed by atoms with Gasteiger partial charge in [-0.15, -0.1) is 0 Å². The van der Waals surface area contributed by atoms with Gasteiger partial charge in [-0.05, 0) is 20.8 Å². The molecule has 0 saturated heterocycles. The zero-order chi connectivity index (χ0) is 9.30. The molecule has 1 aromatic rings. The molecule has 0 bridgehead atoms. The van der Waals surface area contributed by atoms with Crippen molar-refractivity contribution in [2.75, 3.05) is 0 Å². The minimum Gasteiger partial charge on any atom is -0.480 e. The Kier molecular flexibility index (Phi) is 2.17. The van der Waals surface area contributed by atoms with Gasteiger partial charge in [0.2, 0.25) is 0 Å². The molecule has 0 fully saturated rings. The summed E-state index contributed by atoms with van der Waals surface area (Å²) in [5, 5.41) is 8.72. The van der Waals surface area contributed by atoms with E-state index in [4.69, 9.17) is 5.11 Å². The molecule has 1 N–H and O–H groups in total. The predicted molar refractivity (Wildman–Crippen MR) is 44.0 cm³/mol. The number of hydrogen-bond donors (Lipinski definition) is 1. The first-order valence-corrected chi connectivity index (χ1v) is 3.77. The molecule has 1 rings (SSSR count). The molecule has 1 atom stereocenters. The second kappa shape index (κ2) is 2.97. The Morgan fingerprint density at radius 2 is 2.25 bits per heavy atom. The Bertz CT molecular complexity index is 304. The minimum atomic E-state index is -0.837. The number of aryl methyl sites for hydroxylation is 1. The number of nitrogens with zero attached hydrogens (tertiary/aromatic N) is 2. The molecule has 0 aliphatic rings. The van der Waals surface area contributed by atoms with Gasteiger partial charge in [-0.3, -0.25) is 0 Å². The highest BCUT2D eigenvalue weighted by atomic mass is 16.4. The number of rotatable bonds is 2. The fourth-order valence-electron chi connectivity index (χ4n) is 1.03. The van der Waals surface area contributed by atoms with E-state index in [-0.39, 0.29) is 0 Å². The molecule has 4 heteroatoms. The molecule has 66 valence electrons. The Morgan fingerprint density at radius 1 is 1.67 bits per heavy atom. The fraction of sp³-hybridized carbons (Fsp3) is 0.500. The van der Waals surface area contributed by atoms with Gasteiger partial charge in [-0.2, -0.15) is 0 Å². The first-order valence-electron chi connectivity index (χ1n) is 3.77. The first kappa shape index (κ1) is 8.77. The van der Waals surface area contributed by atoms with Gasteiger partial charge in [-0.1, -0.05) is 0 Å². The average molecular weight is 168 g/mol. The van der Waals surface area contributed by atoms with Gasteiger partial charge in [0.1, 0.15) is 6.04 Å². The second-order valence-electron chi connectivity index (χ2n) is 2.84. The summed E-state index contributed by atoms with van der Waals surface area (Å²) >= 11 is 0. The molecule has 0 aromatic carbocycles. The van der Waals surface area contributed by atoms with Crippen LogP contribution in [0.1, 0.15) is 24.4 Å². The summed E-state index contributed by atoms with van der Waals surface area (Å²) in [6, 6.07) is -0.536. The number of aromatic nitrogens is 2. The monoisotopic (exact) mass is 168 g/mol. The zero-order valence-electron chi connectivity index (χ0n) is 7.40. The number of hydrogen-bond acceptors (Lipinski definition) is 2. The minimum absolute atomic E-state index is 0.536. The lowest BCUT2D eigenvalue weighted by Crippen LogP contribution is -2.15. The maximum Gasteiger partial charge on any atom is 0.326 e. The van der Waals surface area contributed by atoms with E-state index in [2.05, 4.69) is 4.98 Å². The molecule has 4 nitrogen and oxygen atoms in total. The highest BCUT2D eigenvalue weighted by Gasteiger charge is 2.15. The van der Waals surface area contributed by atoms with E-state index in [1.165, 1.54) is 0 Å². The number of carbonyl (C=O) groups is 1. The van der Waals surface area contributed by atoms with E-state index in [0.29, 0.717) is 0 Å². The van der Waals surface area contributed by atoms with E-state index in [9.17, 15) is 4.79 Å². The van der Waals surface area contributed by atoms with Crippen molar-refractivity contribution in [1.82, 2.24) is 9.55 Å². The van der Waals surface area contributed by atoms with Crippen LogP contribution in [0, 0.1) is 13.8 Å². The summed E-state index contributed by atoms with van der Waals surface area (Å²) in [5.41, 5.74) is 1.79. The van der Waals surface area contributed by atoms with Crippen molar-refractivity contribution in [3.05, 3.63) is 17.7 Å². The van der Waals surface area contributed by atoms with Gasteiger partial charge < -0.3 is 9.67 Å². The van der Waals surface area contributed by atoms with Gasteiger partial charge in [0.15, 0.2) is 0 Å². The molecule has 1 aromatic heterocycles. The number of carboxylic acid groups (broad SMARTS) is 1. The number of aliphatic carboxylic acids is 1. The third kappa shape index (κ3) is 1.32. The molecule has 1 unspecified atom stereocenters. The number of carboxylic acids is 1. The van der Waals surface area contributed by atoms with Crippen LogP contribution in [-0.2, 0) is 4.79 Å². The van der Waals surface area contributed by atoms with Crippen molar-refractivity contribution < 1.29 is 9.90 Å². The largest absolute Gasteiger partial charge is 0.480 e. The first-order chi connectivity index (χ1) is 5.54. The van der Waals surface area contributed by atoms with Gasteiger partial charge in [0, 0.05) is 5.69 Å². The van der Waals surface area contributed by atoms with Gasteiger partial charge in [0.05, 0.1) is 12.0 Å². The van der Waals surface area contributed by atoms with Crippen molar-refractivity contribution in [1.29, 1.82) is 0 Å². The molecule has 12 heavy (non-hydrogen) atoms. The highest BCUT2D eigenvalue weighted by molar-refractivity contribution is 5.71. The van der Waals surface area contributed by atoms with Crippen molar-refractivity contribution >= 4 is 5.97 Å². The smallest absolute Gasteiger partial charge is 0.326 e. The van der Waals surface area contributed by atoms with Gasteiger partial charge >= 0.3 is 5.97 Å². The normalized spacial score (nSPS) is 12.9. The topological polar surface area (TPSA) is 55.1 Å². The van der Waals surface area contributed by atoms with Crippen LogP contribution in [0.25, 0.3) is 0 Å². The van der Waals surface area contributed by atoms with Crippen LogP contribution in [0.2, 0.25) is 0 Å². The SMILES string of the molecule is Cc1ncn(C(C)C(=O)O)c1C. The molecular weight excluding hydrogens is 156 g/mol. The standard InChI is InChI=1S/C8H12N2O2/c1-5-6(2)10(4-9-5)7(3)8(11)12/h4,7H,1-3H3,(H,11,12). The third-order valence-electron chi connectivity index (χ3n) is 2.06. The Morgan fingerprint density at radius 3 is 2.58 bits per heavy atom. The van der Waals surface area contributed by atoms with E-state index >= 15 is 0 Å². The van der Waals surface area contributed by atoms with E-state index in [1.807, 2.05) is 13.8 Å². The van der Waals surface area contributed by atoms with Crippen LogP contribution in [0.3, 0.4) is 0 Å². The second-order valence-corrected chi connectivity index (χ2v) is 2.84. The summed E-state index contributed by atoms with van der Waals surface area (Å²) in [6.07, 6.45) is 1.56. The van der Waals surface area contributed by atoms with Crippen LogP contribution < -0.4 is 0 Å². The van der Waals surface area contributed by atoms with Crippen molar-refractivity contribution in [3.8, 4) is 0 Å². The molecule has 0 aliphatic heterocycles. The fourth-order valence-corrected chi connectivity index (χ4v) is 1.03. The van der Waals surface area contributed by atoms with Crippen molar-refractivity contribution in [2.24, 2.45) is 0 Å². The summed E-state index contributed by atoms with van der Waals surface area (Å²) in [7, 11) is 0. The zero-order valence-corrected chi connectivity index (χ0v) is 7.40. The van der Waals surface area contributed by atoms with Crippen molar-refractivity contribution in [3.63, 3.8) is 0 Å². The van der Waals surface area contributed by atoms with Crippen LogP contribution in [0.5, 0.6) is 0 Å². The summed E-state index contributed by atoms with van der Waals surface area (Å²) in [5.74, 6) is -0.837. The average Bonchev–Trinajstić information content (AvgIpc) is 2.32. The quantitative estimate of drug-likeness (QED) is 0.720. The molecule has 0 radical (unpaired) electrons. The lowest BCUT2D eigenvalue weighted by atomic mass is 10.3. The Balaban J connectivity index is 3.03. The molecule has 0 amide bonds. The Hall–Kier alpha value is -1.32. The summed E-state index contributed by atoms with van der Waals surface area (Å²) in [6.45, 7) is 5.36. The lowest BCUT2D eigenvalue weighted by molar-refractivity contribution is -0.140. The lowest BCUT2D eigenvalue weighted by Gasteiger charge is -2.09. The van der Waals surface area contributed by atoms with Crippen LogP contribution in [0.4, 0.5) is 0 Å². The third-order valence-corrected chi connectivity index (χ3v) is 2.06. The molecular formula is C8H12N2O2. The summed E-state index contributed by atoms with van der Waals surface area (Å²) in [4.78, 5) is 14.6. The van der Waals surface area contributed by atoms with Crippen LogP contribution >= 0.6 is 0 Å². The predicted octanol–water partition coefficient (Wildman–Crippen LogP) is 1.15. The molecule has 0 aliphatic carbocycles. The Labute approximate surface area is 70.9 Å². The van der Waals surface area contributed by atoms with Gasteiger partial charge in [-0.25, -0.2) is 9.78 Å². The van der Waals surface area contributed by atoms with Crippen LogP contribution in [0.15, 0.2) is 6.33 Å². The highest BCUT2D eigenvalue weighted by Crippen LogP contribution is 2.12. The molecule has 1 heterocycles. The van der Waals surface area contributed by atoms with E-state index in [0.717, 1.165) is 11.4 Å². The number of imidazole rings is 1. The van der Waals surface area contributed by atoms with Gasteiger partial charge in [0.25, 0.3) is 0 Å². The van der Waals surface area contributed by atoms with E-state index in [1.54, 1.807) is 17.8 Å². The van der Waals surface area contributed by atoms with Crippen molar-refractivity contribution in [2.45, 2.75) is 26.8 Å². The van der Waals surface area contributed by atoms with E-state index < -0.39 is 12.0 Å². The van der Waals surface area contributed by atoms with Crippen LogP contribution in [-0.4, -0.2) is 20.6 Å². The maximum absolute atomic E-state index is 10.6. The maximum atomic E-state index is 10.6. The molecule has 0 spiro atoms.